The van der Waals surface area contributed by atoms with Crippen molar-refractivity contribution in [3.8, 4) is 5.75 Å². The Bertz CT molecular complexity index is 1040. The zero-order chi connectivity index (χ0) is 19.4. The summed E-state index contributed by atoms with van der Waals surface area (Å²) in [4.78, 5) is 12.3. The van der Waals surface area contributed by atoms with Gasteiger partial charge in [-0.2, -0.15) is 8.42 Å². The Balaban J connectivity index is 1.70. The molecule has 0 atom stereocenters. The van der Waals surface area contributed by atoms with E-state index in [1.54, 1.807) is 0 Å². The van der Waals surface area contributed by atoms with Gasteiger partial charge in [-0.05, 0) is 66.2 Å². The number of carbonyl (C=O) groups excluding carboxylic acids is 1. The van der Waals surface area contributed by atoms with Gasteiger partial charge in [0.2, 0.25) is 0 Å². The third-order valence-electron chi connectivity index (χ3n) is 3.70. The summed E-state index contributed by atoms with van der Waals surface area (Å²) < 4.78 is 55.0. The van der Waals surface area contributed by atoms with E-state index in [9.17, 15) is 22.0 Å². The molecule has 0 unspecified atom stereocenters. The minimum absolute atomic E-state index is 0.0489. The second kappa shape index (κ2) is 7.67. The molecule has 3 aromatic carbocycles. The fourth-order valence-electron chi connectivity index (χ4n) is 2.39. The summed E-state index contributed by atoms with van der Waals surface area (Å²) >= 11 is 0. The highest BCUT2D eigenvalue weighted by molar-refractivity contribution is 7.86. The summed E-state index contributed by atoms with van der Waals surface area (Å²) in [5, 5.41) is 0. The maximum absolute atomic E-state index is 12.9. The van der Waals surface area contributed by atoms with Crippen molar-refractivity contribution in [2.24, 2.45) is 0 Å². The van der Waals surface area contributed by atoms with Gasteiger partial charge in [-0.15, -0.1) is 0 Å². The van der Waals surface area contributed by atoms with Crippen molar-refractivity contribution in [2.45, 2.75) is 5.75 Å². The standard InChI is InChI=1S/C20H14F2O4S/c21-17-7-1-14(2-8-17)13-27(24,25)26-19-11-5-16(6-12-19)20(23)15-3-9-18(22)10-4-15/h1-12H,13H2. The number of halogens is 2. The van der Waals surface area contributed by atoms with E-state index < -0.39 is 27.5 Å². The molecule has 0 aliphatic carbocycles. The third kappa shape index (κ3) is 4.98. The van der Waals surface area contributed by atoms with Crippen molar-refractivity contribution < 1.29 is 26.2 Å². The first kappa shape index (κ1) is 18.7. The maximum atomic E-state index is 12.9. The summed E-state index contributed by atoms with van der Waals surface area (Å²) in [7, 11) is -3.94. The molecule has 0 saturated carbocycles. The van der Waals surface area contributed by atoms with Gasteiger partial charge in [0.25, 0.3) is 0 Å². The van der Waals surface area contributed by atoms with Crippen molar-refractivity contribution in [3.05, 3.63) is 101 Å². The Morgan fingerprint density at radius 2 is 1.19 bits per heavy atom. The normalized spacial score (nSPS) is 11.2. The number of hydrogen-bond donors (Lipinski definition) is 0. The van der Waals surface area contributed by atoms with Crippen molar-refractivity contribution in [3.63, 3.8) is 0 Å². The summed E-state index contributed by atoms with van der Waals surface area (Å²) in [6.07, 6.45) is 0. The quantitative estimate of drug-likeness (QED) is 0.471. The van der Waals surface area contributed by atoms with E-state index in [2.05, 4.69) is 0 Å². The minimum atomic E-state index is -3.94. The molecule has 3 aromatic rings. The Morgan fingerprint density at radius 1 is 0.741 bits per heavy atom. The predicted octanol–water partition coefficient (Wildman–Crippen LogP) is 4.10. The molecular formula is C20H14F2O4S. The minimum Gasteiger partial charge on any atom is -0.382 e. The second-order valence-corrected chi connectivity index (χ2v) is 7.34. The van der Waals surface area contributed by atoms with Crippen LogP contribution in [0, 0.1) is 11.6 Å². The highest BCUT2D eigenvalue weighted by Crippen LogP contribution is 2.19. The number of ketones is 1. The molecule has 0 heterocycles. The molecule has 0 aliphatic rings. The lowest BCUT2D eigenvalue weighted by atomic mass is 10.0. The van der Waals surface area contributed by atoms with E-state index in [-0.39, 0.29) is 11.5 Å². The molecule has 4 nitrogen and oxygen atoms in total. The van der Waals surface area contributed by atoms with Crippen molar-refractivity contribution in [2.75, 3.05) is 0 Å². The summed E-state index contributed by atoms with van der Waals surface area (Å²) in [5.41, 5.74) is 1.01. The van der Waals surface area contributed by atoms with Crippen molar-refractivity contribution >= 4 is 15.9 Å². The smallest absolute Gasteiger partial charge is 0.313 e. The van der Waals surface area contributed by atoms with Crippen LogP contribution in [0.4, 0.5) is 8.78 Å². The van der Waals surface area contributed by atoms with Crippen LogP contribution in [0.5, 0.6) is 5.75 Å². The van der Waals surface area contributed by atoms with Crippen LogP contribution in [-0.4, -0.2) is 14.2 Å². The number of hydrogen-bond acceptors (Lipinski definition) is 4. The van der Waals surface area contributed by atoms with Gasteiger partial charge < -0.3 is 4.18 Å². The van der Waals surface area contributed by atoms with Gasteiger partial charge in [-0.25, -0.2) is 8.78 Å². The molecule has 0 aliphatic heterocycles. The van der Waals surface area contributed by atoms with Gasteiger partial charge in [0.05, 0.1) is 0 Å². The molecule has 0 fully saturated rings. The van der Waals surface area contributed by atoms with E-state index >= 15 is 0 Å². The zero-order valence-corrected chi connectivity index (χ0v) is 14.7. The molecule has 0 spiro atoms. The van der Waals surface area contributed by atoms with Crippen molar-refractivity contribution in [1.82, 2.24) is 0 Å². The molecular weight excluding hydrogens is 374 g/mol. The van der Waals surface area contributed by atoms with Gasteiger partial charge >= 0.3 is 10.1 Å². The summed E-state index contributed by atoms with van der Waals surface area (Å²) in [6, 6.07) is 15.7. The van der Waals surface area contributed by atoms with E-state index in [0.29, 0.717) is 16.7 Å². The van der Waals surface area contributed by atoms with Crippen LogP contribution < -0.4 is 4.18 Å². The summed E-state index contributed by atoms with van der Waals surface area (Å²) in [5.74, 6) is -1.59. The van der Waals surface area contributed by atoms with Gasteiger partial charge in [-0.3, -0.25) is 4.79 Å². The van der Waals surface area contributed by atoms with Gasteiger partial charge in [0, 0.05) is 11.1 Å². The Labute approximate surface area is 155 Å². The van der Waals surface area contributed by atoms with Gasteiger partial charge in [0.15, 0.2) is 5.78 Å². The number of carbonyl (C=O) groups is 1. The molecule has 3 rings (SSSR count). The topological polar surface area (TPSA) is 60.4 Å². The number of rotatable bonds is 6. The largest absolute Gasteiger partial charge is 0.382 e. The SMILES string of the molecule is O=C(c1ccc(F)cc1)c1ccc(OS(=O)(=O)Cc2ccc(F)cc2)cc1. The van der Waals surface area contributed by atoms with Gasteiger partial charge in [-0.1, -0.05) is 12.1 Å². The Hall–Kier alpha value is -3.06. The number of benzene rings is 3. The highest BCUT2D eigenvalue weighted by atomic mass is 32.2. The molecule has 0 aromatic heterocycles. The van der Waals surface area contributed by atoms with Gasteiger partial charge in [0.1, 0.15) is 23.1 Å². The first-order chi connectivity index (χ1) is 12.8. The van der Waals surface area contributed by atoms with Crippen LogP contribution in [0.1, 0.15) is 21.5 Å². The lowest BCUT2D eigenvalue weighted by Gasteiger charge is -2.08. The molecule has 7 heteroatoms. The van der Waals surface area contributed by atoms with E-state index in [1.165, 1.54) is 72.8 Å². The summed E-state index contributed by atoms with van der Waals surface area (Å²) in [6.45, 7) is 0. The van der Waals surface area contributed by atoms with E-state index in [4.69, 9.17) is 4.18 Å². The Kier molecular flexibility index (Phi) is 5.32. The van der Waals surface area contributed by atoms with Crippen LogP contribution >= 0.6 is 0 Å². The molecule has 138 valence electrons. The predicted molar refractivity (Wildman–Crippen MR) is 95.9 cm³/mol. The fraction of sp³-hybridized carbons (Fsp3) is 0.0500. The highest BCUT2D eigenvalue weighted by Gasteiger charge is 2.15. The average molecular weight is 388 g/mol. The molecule has 0 radical (unpaired) electrons. The van der Waals surface area contributed by atoms with Crippen LogP contribution in [0.3, 0.4) is 0 Å². The molecule has 0 amide bonds. The van der Waals surface area contributed by atoms with Crippen LogP contribution in [0.15, 0.2) is 72.8 Å². The second-order valence-electron chi connectivity index (χ2n) is 5.77. The first-order valence-corrected chi connectivity index (χ1v) is 9.47. The molecule has 0 N–H and O–H groups in total. The zero-order valence-electron chi connectivity index (χ0n) is 13.9. The van der Waals surface area contributed by atoms with Crippen molar-refractivity contribution in [1.29, 1.82) is 0 Å². The van der Waals surface area contributed by atoms with Crippen LogP contribution in [-0.2, 0) is 15.9 Å². The van der Waals surface area contributed by atoms with E-state index in [1.807, 2.05) is 0 Å². The lowest BCUT2D eigenvalue weighted by Crippen LogP contribution is -2.12. The molecule has 0 saturated heterocycles. The van der Waals surface area contributed by atoms with Crippen LogP contribution in [0.2, 0.25) is 0 Å². The fourth-order valence-corrected chi connectivity index (χ4v) is 3.45. The average Bonchev–Trinajstić information content (AvgIpc) is 2.64. The molecule has 0 bridgehead atoms. The van der Waals surface area contributed by atoms with E-state index in [0.717, 1.165) is 0 Å². The third-order valence-corrected chi connectivity index (χ3v) is 4.84. The first-order valence-electron chi connectivity index (χ1n) is 7.89. The Morgan fingerprint density at radius 3 is 1.70 bits per heavy atom. The van der Waals surface area contributed by atoms with Crippen LogP contribution in [0.25, 0.3) is 0 Å². The monoisotopic (exact) mass is 388 g/mol. The maximum Gasteiger partial charge on any atom is 0.313 e. The molecule has 27 heavy (non-hydrogen) atoms. The lowest BCUT2D eigenvalue weighted by molar-refractivity contribution is 0.103.